The van der Waals surface area contributed by atoms with Crippen LogP contribution >= 0.6 is 7.82 Å². The van der Waals surface area contributed by atoms with Gasteiger partial charge in [0.05, 0.1) is 38.1 Å². The van der Waals surface area contributed by atoms with E-state index in [1.807, 2.05) is 6.08 Å². The summed E-state index contributed by atoms with van der Waals surface area (Å²) in [6.45, 7) is 2.03. The molecule has 14 heteroatoms. The minimum absolute atomic E-state index is 0.0578. The monoisotopic (exact) mass is 849 g/mol. The summed E-state index contributed by atoms with van der Waals surface area (Å²) < 4.78 is 32.8. The van der Waals surface area contributed by atoms with E-state index in [2.05, 4.69) is 30.5 Å². The highest BCUT2D eigenvalue weighted by molar-refractivity contribution is 7.47. The minimum atomic E-state index is -4.68. The van der Waals surface area contributed by atoms with Gasteiger partial charge in [-0.15, -0.1) is 0 Å². The fourth-order valence-electron chi connectivity index (χ4n) is 7.14. The summed E-state index contributed by atoms with van der Waals surface area (Å²) in [6, 6.07) is 0. The Kier molecular flexibility index (Phi) is 32.8. The molecule has 0 aromatic rings. The van der Waals surface area contributed by atoms with E-state index in [0.717, 1.165) is 57.8 Å². The van der Waals surface area contributed by atoms with Gasteiger partial charge >= 0.3 is 19.8 Å². The highest BCUT2D eigenvalue weighted by Crippen LogP contribution is 2.43. The molecule has 0 aliphatic heterocycles. The first-order valence-electron chi connectivity index (χ1n) is 22.6. The number of aliphatic hydroxyl groups excluding tert-OH is 5. The molecule has 0 heterocycles. The van der Waals surface area contributed by atoms with Crippen LogP contribution in [0.25, 0.3) is 0 Å². The van der Waals surface area contributed by atoms with E-state index < -0.39 is 70.1 Å². The van der Waals surface area contributed by atoms with Crippen LogP contribution in [0.2, 0.25) is 0 Å². The number of phosphoric acid groups is 1. The molecule has 0 saturated heterocycles. The number of carbonyl (C=O) groups excluding carboxylic acids is 2. The lowest BCUT2D eigenvalue weighted by Crippen LogP contribution is -2.29. The third kappa shape index (κ3) is 28.7. The van der Waals surface area contributed by atoms with Gasteiger partial charge in [0.1, 0.15) is 12.7 Å². The van der Waals surface area contributed by atoms with Crippen LogP contribution in [0.5, 0.6) is 0 Å². The smallest absolute Gasteiger partial charge is 0.462 e. The standard InChI is InChI=1S/C44H81O13P/c1-3-5-7-8-9-10-11-12-13-14-15-16-17-18-23-27-43(50)54-34-38(35-56-58(52,53)55-33-37(47)32-45)57-44(51)28-24-20-19-22-26-39-40(42(49)31-41(39)48)30-29-36(46)25-21-6-4-2/h10-11,29-30,36-42,45-49H,3-9,12-28,31-35H2,1-2H3,(H,52,53)/b11-10-,30-29+/t36-,37-,38+,39+,40+,41-,42+/m0/s1. The molecule has 0 radical (unpaired) electrons. The normalized spacial score (nSPS) is 21.0. The highest BCUT2D eigenvalue weighted by Gasteiger charge is 2.39. The lowest BCUT2D eigenvalue weighted by Gasteiger charge is -2.21. The van der Waals surface area contributed by atoms with Crippen LogP contribution < -0.4 is 0 Å². The number of allylic oxidation sites excluding steroid dienone is 2. The molecule has 340 valence electrons. The SMILES string of the molecule is CCCCCC/C=C\CCCCCCCCCC(=O)OC[C@H](COP(=O)(O)OC[C@@H](O)CO)OC(=O)CCCCCC[C@@H]1[C@@H](/C=C/[C@@H](O)CCCCC)[C@H](O)C[C@@H]1O. The molecule has 58 heavy (non-hydrogen) atoms. The molecule has 1 fully saturated rings. The number of carbonyl (C=O) groups is 2. The predicted molar refractivity (Wildman–Crippen MR) is 226 cm³/mol. The van der Waals surface area contributed by atoms with E-state index in [4.69, 9.17) is 19.1 Å². The fraction of sp³-hybridized carbons (Fsp3) is 0.864. The number of ether oxygens (including phenoxy) is 2. The topological polar surface area (TPSA) is 210 Å². The quantitative estimate of drug-likeness (QED) is 0.0150. The van der Waals surface area contributed by atoms with Crippen LogP contribution in [0.3, 0.4) is 0 Å². The molecular weight excluding hydrogens is 767 g/mol. The average molecular weight is 849 g/mol. The van der Waals surface area contributed by atoms with E-state index >= 15 is 0 Å². The van der Waals surface area contributed by atoms with Gasteiger partial charge in [0.15, 0.2) is 6.10 Å². The van der Waals surface area contributed by atoms with Crippen molar-refractivity contribution in [3.8, 4) is 0 Å². The van der Waals surface area contributed by atoms with Crippen molar-refractivity contribution in [2.24, 2.45) is 11.8 Å². The number of phosphoric ester groups is 1. The molecule has 8 atom stereocenters. The number of unbranched alkanes of at least 4 members (excludes halogenated alkanes) is 16. The van der Waals surface area contributed by atoms with Gasteiger partial charge in [-0.25, -0.2) is 4.57 Å². The highest BCUT2D eigenvalue weighted by atomic mass is 31.2. The zero-order valence-corrected chi connectivity index (χ0v) is 36.7. The second kappa shape index (κ2) is 35.0. The molecule has 1 aliphatic rings. The van der Waals surface area contributed by atoms with Crippen molar-refractivity contribution < 1.29 is 63.1 Å². The van der Waals surface area contributed by atoms with Crippen LogP contribution in [-0.4, -0.2) is 99.3 Å². The molecule has 13 nitrogen and oxygen atoms in total. The average Bonchev–Trinajstić information content (AvgIpc) is 3.47. The molecule has 0 spiro atoms. The van der Waals surface area contributed by atoms with Crippen LogP contribution in [0.4, 0.5) is 0 Å². The van der Waals surface area contributed by atoms with Crippen molar-refractivity contribution in [3.63, 3.8) is 0 Å². The maximum atomic E-state index is 12.7. The van der Waals surface area contributed by atoms with E-state index in [9.17, 15) is 39.5 Å². The molecule has 1 saturated carbocycles. The first-order valence-corrected chi connectivity index (χ1v) is 24.0. The van der Waals surface area contributed by atoms with Crippen molar-refractivity contribution in [2.75, 3.05) is 26.4 Å². The molecule has 0 amide bonds. The van der Waals surface area contributed by atoms with E-state index in [0.29, 0.717) is 38.5 Å². The lowest BCUT2D eigenvalue weighted by atomic mass is 9.88. The summed E-state index contributed by atoms with van der Waals surface area (Å²) in [5.74, 6) is -1.40. The fourth-order valence-corrected chi connectivity index (χ4v) is 7.93. The Labute approximate surface area is 349 Å². The van der Waals surface area contributed by atoms with Crippen LogP contribution in [0, 0.1) is 11.8 Å². The Morgan fingerprint density at radius 1 is 0.707 bits per heavy atom. The molecule has 0 aromatic heterocycles. The molecule has 1 aliphatic carbocycles. The van der Waals surface area contributed by atoms with Crippen molar-refractivity contribution in [1.82, 2.24) is 0 Å². The number of hydrogen-bond donors (Lipinski definition) is 6. The Bertz CT molecular complexity index is 1130. The van der Waals surface area contributed by atoms with E-state index in [-0.39, 0.29) is 31.3 Å². The third-order valence-electron chi connectivity index (χ3n) is 10.7. The number of rotatable bonds is 38. The number of hydrogen-bond acceptors (Lipinski definition) is 12. The second-order valence-corrected chi connectivity index (χ2v) is 17.5. The van der Waals surface area contributed by atoms with Crippen molar-refractivity contribution in [3.05, 3.63) is 24.3 Å². The summed E-state index contributed by atoms with van der Waals surface area (Å²) in [5, 5.41) is 49.8. The zero-order valence-electron chi connectivity index (χ0n) is 35.8. The van der Waals surface area contributed by atoms with E-state index in [1.54, 1.807) is 6.08 Å². The van der Waals surface area contributed by atoms with Gasteiger partial charge in [-0.2, -0.15) is 0 Å². The molecule has 6 N–H and O–H groups in total. The maximum absolute atomic E-state index is 12.7. The molecule has 1 unspecified atom stereocenters. The first kappa shape index (κ1) is 54.3. The summed E-state index contributed by atoms with van der Waals surface area (Å²) in [5.41, 5.74) is 0. The summed E-state index contributed by atoms with van der Waals surface area (Å²) >= 11 is 0. The number of esters is 2. The molecule has 0 bridgehead atoms. The van der Waals surface area contributed by atoms with Crippen molar-refractivity contribution >= 4 is 19.8 Å². The molecule has 0 aromatic carbocycles. The second-order valence-electron chi connectivity index (χ2n) is 16.0. The third-order valence-corrected chi connectivity index (χ3v) is 11.6. The Morgan fingerprint density at radius 3 is 1.90 bits per heavy atom. The van der Waals surface area contributed by atoms with Crippen LogP contribution in [0.1, 0.15) is 174 Å². The van der Waals surface area contributed by atoms with Gasteiger partial charge in [-0.1, -0.05) is 128 Å². The summed E-state index contributed by atoms with van der Waals surface area (Å²) in [6.07, 6.45) is 26.3. The van der Waals surface area contributed by atoms with E-state index in [1.165, 1.54) is 51.4 Å². The van der Waals surface area contributed by atoms with Crippen LogP contribution in [-0.2, 0) is 32.7 Å². The first-order chi connectivity index (χ1) is 27.9. The van der Waals surface area contributed by atoms with Crippen LogP contribution in [0.15, 0.2) is 24.3 Å². The van der Waals surface area contributed by atoms with Gasteiger partial charge < -0.3 is 39.9 Å². The number of aliphatic hydroxyl groups is 5. The Morgan fingerprint density at radius 2 is 1.26 bits per heavy atom. The Balaban J connectivity index is 2.44. The predicted octanol–water partition coefficient (Wildman–Crippen LogP) is 8.16. The van der Waals surface area contributed by atoms with Crippen molar-refractivity contribution in [1.29, 1.82) is 0 Å². The largest absolute Gasteiger partial charge is 0.472 e. The maximum Gasteiger partial charge on any atom is 0.472 e. The summed E-state index contributed by atoms with van der Waals surface area (Å²) in [7, 11) is -4.68. The Hall–Kier alpha value is -1.67. The zero-order chi connectivity index (χ0) is 42.9. The lowest BCUT2D eigenvalue weighted by molar-refractivity contribution is -0.161. The summed E-state index contributed by atoms with van der Waals surface area (Å²) in [4.78, 5) is 35.2. The minimum Gasteiger partial charge on any atom is -0.462 e. The van der Waals surface area contributed by atoms with Gasteiger partial charge in [0, 0.05) is 25.2 Å². The van der Waals surface area contributed by atoms with Gasteiger partial charge in [-0.05, 0) is 57.3 Å². The van der Waals surface area contributed by atoms with Gasteiger partial charge in [-0.3, -0.25) is 18.6 Å². The molecular formula is C44H81O13P. The molecule has 1 rings (SSSR count). The van der Waals surface area contributed by atoms with Gasteiger partial charge in [0.25, 0.3) is 0 Å². The van der Waals surface area contributed by atoms with Gasteiger partial charge in [0.2, 0.25) is 0 Å². The van der Waals surface area contributed by atoms with Crippen molar-refractivity contribution in [2.45, 2.75) is 205 Å².